The minimum absolute atomic E-state index is 0.413. The number of aliphatic imine (C=N–C) groups is 1. The third kappa shape index (κ3) is 1.88. The van der Waals surface area contributed by atoms with Crippen LogP contribution in [0.4, 0.5) is 0 Å². The van der Waals surface area contributed by atoms with Gasteiger partial charge in [0, 0.05) is 7.11 Å². The Kier molecular flexibility index (Phi) is 3.38. The minimum Gasteiger partial charge on any atom is -0.388 e. The summed E-state index contributed by atoms with van der Waals surface area (Å²) in [6.07, 6.45) is -2.95. The van der Waals surface area contributed by atoms with E-state index in [0.717, 1.165) is 0 Å². The molecule has 0 aliphatic carbocycles. The number of rotatable bonds is 2. The van der Waals surface area contributed by atoms with Crippen LogP contribution >= 0.6 is 0 Å². The lowest BCUT2D eigenvalue weighted by Crippen LogP contribution is -2.56. The summed E-state index contributed by atoms with van der Waals surface area (Å²) in [5.74, 6) is 0. The van der Waals surface area contributed by atoms with Gasteiger partial charge < -0.3 is 19.7 Å². The molecule has 1 saturated heterocycles. The third-order valence-corrected chi connectivity index (χ3v) is 2.25. The topological polar surface area (TPSA) is 71.3 Å². The van der Waals surface area contributed by atoms with Crippen LogP contribution in [0.3, 0.4) is 0 Å². The van der Waals surface area contributed by atoms with Crippen molar-refractivity contribution in [2.24, 2.45) is 4.99 Å². The Bertz CT molecular complexity index is 187. The number of hydrogen-bond donors (Lipinski definition) is 2. The van der Waals surface area contributed by atoms with E-state index in [0.29, 0.717) is 0 Å². The lowest BCUT2D eigenvalue weighted by molar-refractivity contribution is -0.257. The number of methoxy groups -OCH3 is 1. The van der Waals surface area contributed by atoms with Crippen LogP contribution in [0.5, 0.6) is 0 Å². The molecule has 0 saturated carbocycles. The van der Waals surface area contributed by atoms with Gasteiger partial charge in [0.2, 0.25) is 0 Å². The number of ether oxygens (including phenoxy) is 2. The molecule has 2 N–H and O–H groups in total. The van der Waals surface area contributed by atoms with Gasteiger partial charge in [-0.25, -0.2) is 0 Å². The Balaban J connectivity index is 2.74. The number of aliphatic hydroxyl groups excluding tert-OH is 2. The molecule has 1 rings (SSSR count). The first kappa shape index (κ1) is 10.6. The Morgan fingerprint density at radius 1 is 1.38 bits per heavy atom. The molecule has 5 atom stereocenters. The lowest BCUT2D eigenvalue weighted by atomic mass is 9.98. The SMILES string of the molecule is C=NC1C(O)C(C)OC(OC)C1O. The quantitative estimate of drug-likeness (QED) is 0.556. The first-order chi connectivity index (χ1) is 6.11. The van der Waals surface area contributed by atoms with Crippen molar-refractivity contribution >= 4 is 6.72 Å². The molecule has 5 unspecified atom stereocenters. The summed E-state index contributed by atoms with van der Waals surface area (Å²) in [6.45, 7) is 5.00. The molecule has 1 aliphatic heterocycles. The van der Waals surface area contributed by atoms with E-state index in [-0.39, 0.29) is 0 Å². The summed E-state index contributed by atoms with van der Waals surface area (Å²) in [7, 11) is 1.43. The van der Waals surface area contributed by atoms with Gasteiger partial charge in [-0.05, 0) is 13.6 Å². The second kappa shape index (κ2) is 4.15. The fourth-order valence-corrected chi connectivity index (χ4v) is 1.42. The van der Waals surface area contributed by atoms with Gasteiger partial charge >= 0.3 is 0 Å². The van der Waals surface area contributed by atoms with Crippen LogP contribution in [0.15, 0.2) is 4.99 Å². The van der Waals surface area contributed by atoms with Crippen molar-refractivity contribution in [2.45, 2.75) is 37.6 Å². The Hall–Kier alpha value is -0.490. The van der Waals surface area contributed by atoms with E-state index >= 15 is 0 Å². The summed E-state index contributed by atoms with van der Waals surface area (Å²) < 4.78 is 10.1. The predicted molar refractivity (Wildman–Crippen MR) is 46.7 cm³/mol. The second-order valence-corrected chi connectivity index (χ2v) is 3.10. The van der Waals surface area contributed by atoms with E-state index in [1.54, 1.807) is 6.92 Å². The number of aliphatic hydroxyl groups is 2. The largest absolute Gasteiger partial charge is 0.388 e. The van der Waals surface area contributed by atoms with Gasteiger partial charge in [-0.2, -0.15) is 0 Å². The molecule has 1 fully saturated rings. The maximum atomic E-state index is 9.57. The van der Waals surface area contributed by atoms with E-state index < -0.39 is 30.6 Å². The van der Waals surface area contributed by atoms with Crippen molar-refractivity contribution in [3.63, 3.8) is 0 Å². The van der Waals surface area contributed by atoms with E-state index in [1.807, 2.05) is 0 Å². The van der Waals surface area contributed by atoms with Gasteiger partial charge in [0.15, 0.2) is 6.29 Å². The van der Waals surface area contributed by atoms with Gasteiger partial charge in [0.25, 0.3) is 0 Å². The first-order valence-corrected chi connectivity index (χ1v) is 4.12. The van der Waals surface area contributed by atoms with E-state index in [1.165, 1.54) is 7.11 Å². The van der Waals surface area contributed by atoms with Gasteiger partial charge in [0.05, 0.1) is 6.10 Å². The van der Waals surface area contributed by atoms with Gasteiger partial charge in [-0.15, -0.1) is 0 Å². The summed E-state index contributed by atoms with van der Waals surface area (Å²) in [6, 6.07) is -0.645. The molecular formula is C8H15NO4. The van der Waals surface area contributed by atoms with Crippen LogP contribution in [0.25, 0.3) is 0 Å². The van der Waals surface area contributed by atoms with E-state index in [4.69, 9.17) is 9.47 Å². The van der Waals surface area contributed by atoms with Crippen molar-refractivity contribution in [1.29, 1.82) is 0 Å². The number of nitrogens with zero attached hydrogens (tertiary/aromatic N) is 1. The highest BCUT2D eigenvalue weighted by Crippen LogP contribution is 2.23. The van der Waals surface area contributed by atoms with Crippen LogP contribution in [0, 0.1) is 0 Å². The normalized spacial score (nSPS) is 46.0. The van der Waals surface area contributed by atoms with Crippen LogP contribution in [0.2, 0.25) is 0 Å². The molecule has 1 heterocycles. The smallest absolute Gasteiger partial charge is 0.185 e. The summed E-state index contributed by atoms with van der Waals surface area (Å²) >= 11 is 0. The zero-order valence-corrected chi connectivity index (χ0v) is 7.75. The predicted octanol–water partition coefficient (Wildman–Crippen LogP) is -0.831. The molecule has 5 nitrogen and oxygen atoms in total. The minimum atomic E-state index is -0.964. The van der Waals surface area contributed by atoms with Crippen molar-refractivity contribution in [3.8, 4) is 0 Å². The van der Waals surface area contributed by atoms with E-state index in [9.17, 15) is 10.2 Å². The monoisotopic (exact) mass is 189 g/mol. The van der Waals surface area contributed by atoms with Gasteiger partial charge in [-0.1, -0.05) is 0 Å². The van der Waals surface area contributed by atoms with Gasteiger partial charge in [0.1, 0.15) is 18.2 Å². The Morgan fingerprint density at radius 2 is 2.00 bits per heavy atom. The molecule has 0 aromatic rings. The Labute approximate surface area is 77.0 Å². The first-order valence-electron chi connectivity index (χ1n) is 4.12. The molecular weight excluding hydrogens is 174 g/mol. The molecule has 1 aliphatic rings. The molecule has 0 aromatic heterocycles. The van der Waals surface area contributed by atoms with E-state index in [2.05, 4.69) is 11.7 Å². The molecule has 0 amide bonds. The lowest BCUT2D eigenvalue weighted by Gasteiger charge is -2.38. The molecule has 13 heavy (non-hydrogen) atoms. The molecule has 0 bridgehead atoms. The van der Waals surface area contributed by atoms with Crippen LogP contribution in [0.1, 0.15) is 6.92 Å². The number of hydrogen-bond acceptors (Lipinski definition) is 5. The zero-order chi connectivity index (χ0) is 10.0. The fraction of sp³-hybridized carbons (Fsp3) is 0.875. The second-order valence-electron chi connectivity index (χ2n) is 3.10. The highest BCUT2D eigenvalue weighted by Gasteiger charge is 2.42. The van der Waals surface area contributed by atoms with Crippen molar-refractivity contribution in [2.75, 3.05) is 7.11 Å². The average Bonchev–Trinajstić information content (AvgIpc) is 2.12. The molecule has 5 heteroatoms. The van der Waals surface area contributed by atoms with Crippen LogP contribution < -0.4 is 0 Å². The molecule has 76 valence electrons. The average molecular weight is 189 g/mol. The third-order valence-electron chi connectivity index (χ3n) is 2.25. The van der Waals surface area contributed by atoms with Crippen LogP contribution in [-0.4, -0.2) is 54.7 Å². The maximum absolute atomic E-state index is 9.57. The van der Waals surface area contributed by atoms with Crippen molar-refractivity contribution < 1.29 is 19.7 Å². The fourth-order valence-electron chi connectivity index (χ4n) is 1.42. The van der Waals surface area contributed by atoms with Gasteiger partial charge in [-0.3, -0.25) is 4.99 Å². The summed E-state index contributed by atoms with van der Waals surface area (Å²) in [5.41, 5.74) is 0. The van der Waals surface area contributed by atoms with Crippen molar-refractivity contribution in [1.82, 2.24) is 0 Å². The molecule has 0 aromatic carbocycles. The highest BCUT2D eigenvalue weighted by molar-refractivity contribution is 5.25. The molecule has 0 radical (unpaired) electrons. The van der Waals surface area contributed by atoms with Crippen molar-refractivity contribution in [3.05, 3.63) is 0 Å². The van der Waals surface area contributed by atoms with Crippen LogP contribution in [-0.2, 0) is 9.47 Å². The molecule has 0 spiro atoms. The standard InChI is InChI=1S/C8H15NO4/c1-4-6(10)5(9-2)7(11)8(12-3)13-4/h4-8,10-11H,2H2,1,3H3. The Morgan fingerprint density at radius 3 is 2.46 bits per heavy atom. The highest BCUT2D eigenvalue weighted by atomic mass is 16.7. The summed E-state index contributed by atoms with van der Waals surface area (Å²) in [4.78, 5) is 3.65. The summed E-state index contributed by atoms with van der Waals surface area (Å²) in [5, 5.41) is 19.1. The maximum Gasteiger partial charge on any atom is 0.185 e. The zero-order valence-electron chi connectivity index (χ0n) is 7.75.